The smallest absolute Gasteiger partial charge is 0.458 e. The molecule has 194 valence electrons. The molecule has 0 saturated heterocycles. The van der Waals surface area contributed by atoms with Crippen LogP contribution in [-0.2, 0) is 28.5 Å². The SMILES string of the molecule is CCC(C)(C)C(=O)OC12CC3CC(OC(=O)OC(C)(C)C)(CC(OC(=O)OC(C)(C)C)(C3)C1)C2. The lowest BCUT2D eigenvalue weighted by atomic mass is 9.50. The zero-order valence-electron chi connectivity index (χ0n) is 22.3. The van der Waals surface area contributed by atoms with Crippen LogP contribution in [0.25, 0.3) is 0 Å². The van der Waals surface area contributed by atoms with Crippen molar-refractivity contribution in [3.8, 4) is 0 Å². The molecule has 0 aromatic carbocycles. The van der Waals surface area contributed by atoms with Gasteiger partial charge in [-0.1, -0.05) is 6.92 Å². The number of esters is 1. The van der Waals surface area contributed by atoms with Crippen LogP contribution in [-0.4, -0.2) is 46.3 Å². The van der Waals surface area contributed by atoms with Gasteiger partial charge < -0.3 is 23.7 Å². The number of hydrogen-bond donors (Lipinski definition) is 0. The molecule has 4 aliphatic rings. The maximum atomic E-state index is 13.1. The lowest BCUT2D eigenvalue weighted by molar-refractivity contribution is -0.270. The summed E-state index contributed by atoms with van der Waals surface area (Å²) in [6, 6.07) is 0. The summed E-state index contributed by atoms with van der Waals surface area (Å²) in [5, 5.41) is 0. The molecule has 4 bridgehead atoms. The fourth-order valence-corrected chi connectivity index (χ4v) is 5.89. The van der Waals surface area contributed by atoms with Gasteiger partial charge in [0.2, 0.25) is 0 Å². The van der Waals surface area contributed by atoms with Crippen LogP contribution in [0.2, 0.25) is 0 Å². The molecule has 0 amide bonds. The summed E-state index contributed by atoms with van der Waals surface area (Å²) in [4.78, 5) is 38.5. The van der Waals surface area contributed by atoms with Gasteiger partial charge in [0.1, 0.15) is 28.0 Å². The van der Waals surface area contributed by atoms with Crippen LogP contribution in [0.15, 0.2) is 0 Å². The van der Waals surface area contributed by atoms with Crippen LogP contribution in [0.5, 0.6) is 0 Å². The Kier molecular flexibility index (Phi) is 6.50. The Bertz CT molecular complexity index is 785. The zero-order chi connectivity index (χ0) is 25.8. The largest absolute Gasteiger partial charge is 0.509 e. The van der Waals surface area contributed by atoms with E-state index < -0.39 is 45.7 Å². The molecule has 0 aliphatic heterocycles. The van der Waals surface area contributed by atoms with Crippen LogP contribution in [0, 0.1) is 11.3 Å². The average molecular weight is 483 g/mol. The Hall–Kier alpha value is -1.99. The first kappa shape index (κ1) is 26.6. The summed E-state index contributed by atoms with van der Waals surface area (Å²) in [6.07, 6.45) is 2.02. The van der Waals surface area contributed by atoms with Gasteiger partial charge in [-0.15, -0.1) is 0 Å². The van der Waals surface area contributed by atoms with Gasteiger partial charge in [0.25, 0.3) is 0 Å². The van der Waals surface area contributed by atoms with Crippen molar-refractivity contribution in [2.75, 3.05) is 0 Å². The molecule has 4 saturated carbocycles. The van der Waals surface area contributed by atoms with Crippen molar-refractivity contribution in [1.29, 1.82) is 0 Å². The highest BCUT2D eigenvalue weighted by molar-refractivity contribution is 5.76. The van der Waals surface area contributed by atoms with E-state index in [9.17, 15) is 14.4 Å². The molecule has 8 heteroatoms. The third kappa shape index (κ3) is 5.98. The Morgan fingerprint density at radius 3 is 1.35 bits per heavy atom. The van der Waals surface area contributed by atoms with E-state index in [1.807, 2.05) is 20.8 Å². The quantitative estimate of drug-likeness (QED) is 0.343. The summed E-state index contributed by atoms with van der Waals surface area (Å²) >= 11 is 0. The molecule has 4 aliphatic carbocycles. The van der Waals surface area contributed by atoms with Crippen molar-refractivity contribution in [3.63, 3.8) is 0 Å². The van der Waals surface area contributed by atoms with Gasteiger partial charge in [-0.25, -0.2) is 9.59 Å². The summed E-state index contributed by atoms with van der Waals surface area (Å²) in [5.41, 5.74) is -4.84. The van der Waals surface area contributed by atoms with E-state index in [2.05, 4.69) is 0 Å². The van der Waals surface area contributed by atoms with Gasteiger partial charge in [-0.3, -0.25) is 4.79 Å². The molecular formula is C26H42O8. The molecule has 4 rings (SSSR count). The first-order valence-electron chi connectivity index (χ1n) is 12.4. The van der Waals surface area contributed by atoms with Crippen LogP contribution < -0.4 is 0 Å². The second-order valence-corrected chi connectivity index (χ2v) is 13.3. The van der Waals surface area contributed by atoms with Gasteiger partial charge in [0, 0.05) is 19.3 Å². The predicted octanol–water partition coefficient (Wildman–Crippen LogP) is 6.08. The minimum Gasteiger partial charge on any atom is -0.458 e. The Balaban J connectivity index is 1.92. The van der Waals surface area contributed by atoms with Crippen molar-refractivity contribution in [2.45, 2.75) is 135 Å². The molecule has 4 fully saturated rings. The molecule has 8 nitrogen and oxygen atoms in total. The van der Waals surface area contributed by atoms with Gasteiger partial charge in [-0.05, 0) is 87.0 Å². The summed E-state index contributed by atoms with van der Waals surface area (Å²) in [6.45, 7) is 16.3. The van der Waals surface area contributed by atoms with Crippen molar-refractivity contribution < 1.29 is 38.1 Å². The zero-order valence-corrected chi connectivity index (χ0v) is 22.3. The summed E-state index contributed by atoms with van der Waals surface area (Å²) in [5.74, 6) is -0.226. The Labute approximate surface area is 203 Å². The normalized spacial score (nSPS) is 32.7. The Morgan fingerprint density at radius 1 is 0.676 bits per heavy atom. The second kappa shape index (κ2) is 8.30. The van der Waals surface area contributed by atoms with E-state index in [0.29, 0.717) is 44.9 Å². The lowest BCUT2D eigenvalue weighted by Crippen LogP contribution is -2.69. The summed E-state index contributed by atoms with van der Waals surface area (Å²) < 4.78 is 29.0. The number of ether oxygens (including phenoxy) is 5. The third-order valence-electron chi connectivity index (χ3n) is 7.04. The standard InChI is InChI=1S/C26H42O8/c1-10-23(8,9)18(27)30-24-11-17-12-25(14-24,33-19(28)31-21(2,3)4)16-26(13-17,15-24)34-20(29)32-22(5,6)7/h17H,10-16H2,1-9H3. The second-order valence-electron chi connectivity index (χ2n) is 13.3. The third-order valence-corrected chi connectivity index (χ3v) is 7.04. The minimum atomic E-state index is -0.944. The number of rotatable bonds is 5. The predicted molar refractivity (Wildman–Crippen MR) is 124 cm³/mol. The number of carbonyl (C=O) groups is 3. The molecule has 0 spiro atoms. The maximum Gasteiger partial charge on any atom is 0.509 e. The summed E-state index contributed by atoms with van der Waals surface area (Å²) in [7, 11) is 0. The lowest BCUT2D eigenvalue weighted by Gasteiger charge is -2.63. The maximum absolute atomic E-state index is 13.1. The van der Waals surface area contributed by atoms with E-state index in [0.717, 1.165) is 0 Å². The molecule has 0 aromatic rings. The van der Waals surface area contributed by atoms with E-state index in [4.69, 9.17) is 23.7 Å². The van der Waals surface area contributed by atoms with Gasteiger partial charge in [0.15, 0.2) is 0 Å². The molecular weight excluding hydrogens is 440 g/mol. The number of carbonyl (C=O) groups excluding carboxylic acids is 3. The fourth-order valence-electron chi connectivity index (χ4n) is 5.89. The van der Waals surface area contributed by atoms with E-state index in [1.165, 1.54) is 0 Å². The monoisotopic (exact) mass is 482 g/mol. The van der Waals surface area contributed by atoms with E-state index in [1.54, 1.807) is 41.5 Å². The molecule has 34 heavy (non-hydrogen) atoms. The van der Waals surface area contributed by atoms with Gasteiger partial charge in [0.05, 0.1) is 5.41 Å². The highest BCUT2D eigenvalue weighted by Crippen LogP contribution is 2.63. The highest BCUT2D eigenvalue weighted by Gasteiger charge is 2.69. The topological polar surface area (TPSA) is 97.4 Å². The fraction of sp³-hybridized carbons (Fsp3) is 0.885. The van der Waals surface area contributed by atoms with E-state index >= 15 is 0 Å². The highest BCUT2D eigenvalue weighted by atomic mass is 16.8. The van der Waals surface area contributed by atoms with Crippen molar-refractivity contribution in [3.05, 3.63) is 0 Å². The Morgan fingerprint density at radius 2 is 1.03 bits per heavy atom. The molecule has 0 aromatic heterocycles. The first-order chi connectivity index (χ1) is 15.3. The minimum absolute atomic E-state index is 0.0682. The van der Waals surface area contributed by atoms with Crippen LogP contribution in [0.1, 0.15) is 107 Å². The first-order valence-corrected chi connectivity index (χ1v) is 12.4. The molecule has 2 atom stereocenters. The molecule has 0 heterocycles. The molecule has 0 N–H and O–H groups in total. The number of hydrogen-bond acceptors (Lipinski definition) is 8. The van der Waals surface area contributed by atoms with Crippen molar-refractivity contribution >= 4 is 18.3 Å². The average Bonchev–Trinajstić information content (AvgIpc) is 2.55. The van der Waals surface area contributed by atoms with Gasteiger partial charge in [-0.2, -0.15) is 0 Å². The molecule has 2 unspecified atom stereocenters. The van der Waals surface area contributed by atoms with Crippen LogP contribution in [0.3, 0.4) is 0 Å². The molecule has 0 radical (unpaired) electrons. The van der Waals surface area contributed by atoms with Crippen LogP contribution in [0.4, 0.5) is 9.59 Å². The van der Waals surface area contributed by atoms with Crippen LogP contribution >= 0.6 is 0 Å². The van der Waals surface area contributed by atoms with Gasteiger partial charge >= 0.3 is 18.3 Å². The van der Waals surface area contributed by atoms with Crippen molar-refractivity contribution in [1.82, 2.24) is 0 Å². The van der Waals surface area contributed by atoms with Crippen molar-refractivity contribution in [2.24, 2.45) is 11.3 Å². The van der Waals surface area contributed by atoms with E-state index in [-0.39, 0.29) is 11.9 Å².